The summed E-state index contributed by atoms with van der Waals surface area (Å²) < 4.78 is 10.3. The summed E-state index contributed by atoms with van der Waals surface area (Å²) in [5.41, 5.74) is 0. The fourth-order valence-corrected chi connectivity index (χ4v) is 2.81. The molecule has 5 nitrogen and oxygen atoms in total. The highest BCUT2D eigenvalue weighted by Gasteiger charge is 2.40. The molecular formula is C11H20N2O3. The van der Waals surface area contributed by atoms with Crippen LogP contribution in [-0.2, 0) is 9.47 Å². The van der Waals surface area contributed by atoms with Crippen molar-refractivity contribution in [3.63, 3.8) is 0 Å². The molecule has 2 aliphatic rings. The standard InChI is InChI=1S/C11H20N2O3/c1-8(2)13-9-4-12(11(14)15-3)5-10(13)7-16-6-9/h8-10H,4-7H2,1-3H3. The topological polar surface area (TPSA) is 42.0 Å². The van der Waals surface area contributed by atoms with Gasteiger partial charge in [0.25, 0.3) is 0 Å². The van der Waals surface area contributed by atoms with Crippen LogP contribution in [0.15, 0.2) is 0 Å². The minimum absolute atomic E-state index is 0.222. The molecule has 2 aliphatic heterocycles. The predicted octanol–water partition coefficient (Wildman–Crippen LogP) is 0.546. The van der Waals surface area contributed by atoms with E-state index in [2.05, 4.69) is 18.7 Å². The maximum absolute atomic E-state index is 11.5. The quantitative estimate of drug-likeness (QED) is 0.657. The van der Waals surface area contributed by atoms with Gasteiger partial charge in [-0.3, -0.25) is 4.90 Å². The number of hydrogen-bond acceptors (Lipinski definition) is 4. The summed E-state index contributed by atoms with van der Waals surface area (Å²) in [5.74, 6) is 0. The number of carbonyl (C=O) groups is 1. The zero-order valence-corrected chi connectivity index (χ0v) is 10.2. The van der Waals surface area contributed by atoms with Crippen molar-refractivity contribution in [1.29, 1.82) is 0 Å². The molecule has 2 fully saturated rings. The van der Waals surface area contributed by atoms with Gasteiger partial charge in [-0.1, -0.05) is 0 Å². The molecule has 92 valence electrons. The molecule has 2 heterocycles. The SMILES string of the molecule is COC(=O)N1CC2COCC(C1)N2C(C)C. The summed E-state index contributed by atoms with van der Waals surface area (Å²) >= 11 is 0. The van der Waals surface area contributed by atoms with E-state index in [4.69, 9.17) is 9.47 Å². The third kappa shape index (κ3) is 2.01. The van der Waals surface area contributed by atoms with Crippen molar-refractivity contribution >= 4 is 6.09 Å². The Balaban J connectivity index is 2.08. The molecule has 0 aromatic rings. The van der Waals surface area contributed by atoms with Gasteiger partial charge in [-0.2, -0.15) is 0 Å². The third-order valence-corrected chi connectivity index (χ3v) is 3.36. The Bertz CT molecular complexity index is 256. The Morgan fingerprint density at radius 2 is 1.88 bits per heavy atom. The molecule has 2 rings (SSSR count). The van der Waals surface area contributed by atoms with Gasteiger partial charge in [0.05, 0.1) is 32.4 Å². The number of morpholine rings is 1. The van der Waals surface area contributed by atoms with Crippen molar-refractivity contribution in [3.05, 3.63) is 0 Å². The molecule has 2 saturated heterocycles. The molecule has 0 saturated carbocycles. The van der Waals surface area contributed by atoms with Crippen LogP contribution in [0.25, 0.3) is 0 Å². The molecule has 0 spiro atoms. The second-order valence-corrected chi connectivity index (χ2v) is 4.76. The highest BCUT2D eigenvalue weighted by molar-refractivity contribution is 5.67. The number of ether oxygens (including phenoxy) is 2. The lowest BCUT2D eigenvalue weighted by molar-refractivity contribution is -0.105. The fraction of sp³-hybridized carbons (Fsp3) is 0.909. The van der Waals surface area contributed by atoms with Gasteiger partial charge in [-0.15, -0.1) is 0 Å². The molecule has 0 N–H and O–H groups in total. The van der Waals surface area contributed by atoms with E-state index in [1.54, 1.807) is 4.90 Å². The fourth-order valence-electron chi connectivity index (χ4n) is 2.81. The van der Waals surface area contributed by atoms with Gasteiger partial charge >= 0.3 is 6.09 Å². The number of nitrogens with zero attached hydrogens (tertiary/aromatic N) is 2. The smallest absolute Gasteiger partial charge is 0.409 e. The van der Waals surface area contributed by atoms with E-state index in [0.717, 1.165) is 0 Å². The minimum atomic E-state index is -0.222. The summed E-state index contributed by atoms with van der Waals surface area (Å²) in [5, 5.41) is 0. The number of methoxy groups -OCH3 is 1. The largest absolute Gasteiger partial charge is 0.453 e. The number of rotatable bonds is 1. The van der Waals surface area contributed by atoms with E-state index in [1.165, 1.54) is 7.11 Å². The molecule has 2 bridgehead atoms. The summed E-state index contributed by atoms with van der Waals surface area (Å²) in [6.07, 6.45) is -0.222. The van der Waals surface area contributed by atoms with E-state index in [-0.39, 0.29) is 6.09 Å². The molecule has 2 unspecified atom stereocenters. The Kier molecular flexibility index (Phi) is 3.35. The predicted molar refractivity (Wildman–Crippen MR) is 59.3 cm³/mol. The van der Waals surface area contributed by atoms with Crippen LogP contribution in [0.2, 0.25) is 0 Å². The average Bonchev–Trinajstić information content (AvgIpc) is 2.25. The molecule has 16 heavy (non-hydrogen) atoms. The Morgan fingerprint density at radius 1 is 1.31 bits per heavy atom. The van der Waals surface area contributed by atoms with Crippen LogP contribution in [0.3, 0.4) is 0 Å². The second kappa shape index (κ2) is 4.59. The van der Waals surface area contributed by atoms with Crippen LogP contribution in [0.4, 0.5) is 4.79 Å². The average molecular weight is 228 g/mol. The maximum Gasteiger partial charge on any atom is 0.409 e. The summed E-state index contributed by atoms with van der Waals surface area (Å²) in [6.45, 7) is 7.23. The van der Waals surface area contributed by atoms with Gasteiger partial charge < -0.3 is 14.4 Å². The van der Waals surface area contributed by atoms with Gasteiger partial charge in [0.15, 0.2) is 0 Å². The second-order valence-electron chi connectivity index (χ2n) is 4.76. The zero-order valence-electron chi connectivity index (χ0n) is 10.2. The number of piperazine rings is 1. The van der Waals surface area contributed by atoms with E-state index >= 15 is 0 Å². The van der Waals surface area contributed by atoms with Crippen LogP contribution in [0.5, 0.6) is 0 Å². The lowest BCUT2D eigenvalue weighted by atomic mass is 10.0. The van der Waals surface area contributed by atoms with Crippen molar-refractivity contribution < 1.29 is 14.3 Å². The molecule has 0 aromatic heterocycles. The lowest BCUT2D eigenvalue weighted by Crippen LogP contribution is -2.67. The number of fused-ring (bicyclic) bond motifs is 2. The summed E-state index contributed by atoms with van der Waals surface area (Å²) in [4.78, 5) is 15.8. The van der Waals surface area contributed by atoms with Gasteiger partial charge in [-0.05, 0) is 13.8 Å². The van der Waals surface area contributed by atoms with Crippen molar-refractivity contribution in [3.8, 4) is 0 Å². The monoisotopic (exact) mass is 228 g/mol. The molecular weight excluding hydrogens is 208 g/mol. The number of carbonyl (C=O) groups excluding carboxylic acids is 1. The van der Waals surface area contributed by atoms with Crippen LogP contribution in [0.1, 0.15) is 13.8 Å². The normalized spacial score (nSPS) is 30.6. The zero-order chi connectivity index (χ0) is 11.7. The molecule has 0 radical (unpaired) electrons. The van der Waals surface area contributed by atoms with Crippen molar-refractivity contribution in [2.45, 2.75) is 32.0 Å². The van der Waals surface area contributed by atoms with Crippen LogP contribution >= 0.6 is 0 Å². The number of hydrogen-bond donors (Lipinski definition) is 0. The first-order valence-corrected chi connectivity index (χ1v) is 5.81. The summed E-state index contributed by atoms with van der Waals surface area (Å²) in [7, 11) is 1.43. The minimum Gasteiger partial charge on any atom is -0.453 e. The van der Waals surface area contributed by atoms with E-state index in [9.17, 15) is 4.79 Å². The molecule has 2 atom stereocenters. The maximum atomic E-state index is 11.5. The lowest BCUT2D eigenvalue weighted by Gasteiger charge is -2.51. The molecule has 1 amide bonds. The molecule has 5 heteroatoms. The first-order chi connectivity index (χ1) is 7.63. The van der Waals surface area contributed by atoms with Crippen molar-refractivity contribution in [1.82, 2.24) is 9.80 Å². The van der Waals surface area contributed by atoms with E-state index in [1.807, 2.05) is 0 Å². The van der Waals surface area contributed by atoms with E-state index in [0.29, 0.717) is 44.4 Å². The number of amides is 1. The van der Waals surface area contributed by atoms with Gasteiger partial charge in [0, 0.05) is 19.1 Å². The van der Waals surface area contributed by atoms with Crippen molar-refractivity contribution in [2.24, 2.45) is 0 Å². The summed E-state index contributed by atoms with van der Waals surface area (Å²) in [6, 6.07) is 1.12. The first kappa shape index (κ1) is 11.7. The van der Waals surface area contributed by atoms with Gasteiger partial charge in [0.1, 0.15) is 0 Å². The highest BCUT2D eigenvalue weighted by atomic mass is 16.5. The molecule has 0 aliphatic carbocycles. The Labute approximate surface area is 96.3 Å². The third-order valence-electron chi connectivity index (χ3n) is 3.36. The van der Waals surface area contributed by atoms with Gasteiger partial charge in [-0.25, -0.2) is 4.79 Å². The Morgan fingerprint density at radius 3 is 2.31 bits per heavy atom. The molecule has 0 aromatic carbocycles. The van der Waals surface area contributed by atoms with Gasteiger partial charge in [0.2, 0.25) is 0 Å². The first-order valence-electron chi connectivity index (χ1n) is 5.81. The van der Waals surface area contributed by atoms with Crippen LogP contribution in [0, 0.1) is 0 Å². The van der Waals surface area contributed by atoms with E-state index < -0.39 is 0 Å². The van der Waals surface area contributed by atoms with Crippen LogP contribution in [-0.4, -0.2) is 67.4 Å². The van der Waals surface area contributed by atoms with Crippen molar-refractivity contribution in [2.75, 3.05) is 33.4 Å². The Hall–Kier alpha value is -0.810. The highest BCUT2D eigenvalue weighted by Crippen LogP contribution is 2.23. The van der Waals surface area contributed by atoms with Crippen LogP contribution < -0.4 is 0 Å².